The van der Waals surface area contributed by atoms with Crippen molar-refractivity contribution in [2.24, 2.45) is 0 Å². The zero-order valence-electron chi connectivity index (χ0n) is 10.5. The van der Waals surface area contributed by atoms with Gasteiger partial charge in [-0.05, 0) is 39.2 Å². The first kappa shape index (κ1) is 12.8. The zero-order valence-corrected chi connectivity index (χ0v) is 10.5. The number of hydrogen-bond acceptors (Lipinski definition) is 1. The average Bonchev–Trinajstić information content (AvgIpc) is 2.82. The van der Waals surface area contributed by atoms with Crippen LogP contribution in [0.25, 0.3) is 0 Å². The molecule has 0 aromatic rings. The van der Waals surface area contributed by atoms with Crippen LogP contribution in [0.3, 0.4) is 0 Å². The second-order valence-corrected chi connectivity index (χ2v) is 4.21. The molecule has 88 valence electrons. The first-order chi connectivity index (χ1) is 7.61. The Balaban J connectivity index is 2.97. The molecule has 1 amide bonds. The van der Waals surface area contributed by atoms with Crippen molar-refractivity contribution in [2.45, 2.75) is 33.6 Å². The predicted octanol–water partition coefficient (Wildman–Crippen LogP) is 3.08. The van der Waals surface area contributed by atoms with E-state index in [1.165, 1.54) is 0 Å². The Kier molecular flexibility index (Phi) is 4.53. The van der Waals surface area contributed by atoms with Crippen LogP contribution in [0.5, 0.6) is 0 Å². The standard InChI is InChI=1S/C14H21NO/c1-5-11(3)12(4)13(6-2)14(16)15-9-7-8-10-15/h5-6H,2,7-10H2,1,3-4H3/b11-5-,13-12+. The van der Waals surface area contributed by atoms with Crippen molar-refractivity contribution in [1.82, 2.24) is 4.90 Å². The van der Waals surface area contributed by atoms with Crippen molar-refractivity contribution in [1.29, 1.82) is 0 Å². The van der Waals surface area contributed by atoms with Gasteiger partial charge < -0.3 is 4.90 Å². The molecule has 0 aromatic carbocycles. The highest BCUT2D eigenvalue weighted by atomic mass is 16.2. The molecule has 1 aliphatic rings. The first-order valence-electron chi connectivity index (χ1n) is 5.87. The molecule has 1 rings (SSSR count). The molecule has 1 saturated heterocycles. The van der Waals surface area contributed by atoms with E-state index >= 15 is 0 Å². The first-order valence-corrected chi connectivity index (χ1v) is 5.87. The SMILES string of the molecule is C=C/C(C(=O)N1CCCC1)=C(C)\C(C)=C/C. The second kappa shape index (κ2) is 5.69. The maximum atomic E-state index is 12.2. The van der Waals surface area contributed by atoms with Gasteiger partial charge in [-0.1, -0.05) is 24.3 Å². The van der Waals surface area contributed by atoms with E-state index < -0.39 is 0 Å². The Labute approximate surface area is 98.3 Å². The lowest BCUT2D eigenvalue weighted by atomic mass is 10.0. The lowest BCUT2D eigenvalue weighted by Gasteiger charge is -2.17. The molecule has 1 fully saturated rings. The van der Waals surface area contributed by atoms with Gasteiger partial charge in [-0.15, -0.1) is 0 Å². The summed E-state index contributed by atoms with van der Waals surface area (Å²) in [5.74, 6) is 0.131. The lowest BCUT2D eigenvalue weighted by Crippen LogP contribution is -2.29. The van der Waals surface area contributed by atoms with E-state index in [1.807, 2.05) is 31.7 Å². The van der Waals surface area contributed by atoms with Crippen LogP contribution in [-0.2, 0) is 4.79 Å². The van der Waals surface area contributed by atoms with Crippen LogP contribution in [-0.4, -0.2) is 23.9 Å². The molecule has 0 saturated carbocycles. The van der Waals surface area contributed by atoms with E-state index in [0.29, 0.717) is 0 Å². The van der Waals surface area contributed by atoms with E-state index in [-0.39, 0.29) is 5.91 Å². The molecule has 1 aliphatic heterocycles. The third kappa shape index (κ3) is 2.63. The summed E-state index contributed by atoms with van der Waals surface area (Å²) in [7, 11) is 0. The van der Waals surface area contributed by atoms with E-state index in [2.05, 4.69) is 6.58 Å². The molecule has 0 aromatic heterocycles. The van der Waals surface area contributed by atoms with Gasteiger partial charge in [0.25, 0.3) is 5.91 Å². The summed E-state index contributed by atoms with van der Waals surface area (Å²) >= 11 is 0. The van der Waals surface area contributed by atoms with E-state index in [9.17, 15) is 4.79 Å². The monoisotopic (exact) mass is 219 g/mol. The van der Waals surface area contributed by atoms with Gasteiger partial charge in [-0.3, -0.25) is 4.79 Å². The van der Waals surface area contributed by atoms with E-state index in [1.54, 1.807) is 6.08 Å². The van der Waals surface area contributed by atoms with Crippen molar-refractivity contribution < 1.29 is 4.79 Å². The molecule has 0 spiro atoms. The van der Waals surface area contributed by atoms with Crippen molar-refractivity contribution in [3.8, 4) is 0 Å². The number of likely N-dealkylation sites (tertiary alicyclic amines) is 1. The Morgan fingerprint density at radius 3 is 2.25 bits per heavy atom. The third-order valence-corrected chi connectivity index (χ3v) is 3.26. The molecular formula is C14H21NO. The van der Waals surface area contributed by atoms with Crippen LogP contribution >= 0.6 is 0 Å². The number of carbonyl (C=O) groups is 1. The van der Waals surface area contributed by atoms with Gasteiger partial charge >= 0.3 is 0 Å². The van der Waals surface area contributed by atoms with Crippen molar-refractivity contribution >= 4 is 5.91 Å². The minimum absolute atomic E-state index is 0.131. The largest absolute Gasteiger partial charge is 0.339 e. The molecule has 2 nitrogen and oxygen atoms in total. The van der Waals surface area contributed by atoms with Gasteiger partial charge in [-0.2, -0.15) is 0 Å². The summed E-state index contributed by atoms with van der Waals surface area (Å²) in [6.45, 7) is 11.5. The molecule has 2 heteroatoms. The molecule has 0 aliphatic carbocycles. The Morgan fingerprint density at radius 2 is 1.81 bits per heavy atom. The van der Waals surface area contributed by atoms with Crippen LogP contribution in [0, 0.1) is 0 Å². The van der Waals surface area contributed by atoms with Crippen molar-refractivity contribution in [2.75, 3.05) is 13.1 Å². The molecule has 1 heterocycles. The van der Waals surface area contributed by atoms with Gasteiger partial charge in [0.05, 0.1) is 0 Å². The van der Waals surface area contributed by atoms with Crippen LogP contribution in [0.1, 0.15) is 33.6 Å². The highest BCUT2D eigenvalue weighted by molar-refractivity contribution is 5.97. The highest BCUT2D eigenvalue weighted by Gasteiger charge is 2.21. The van der Waals surface area contributed by atoms with Crippen molar-refractivity contribution in [3.63, 3.8) is 0 Å². The molecular weight excluding hydrogens is 198 g/mol. The third-order valence-electron chi connectivity index (χ3n) is 3.26. The fraction of sp³-hybridized carbons (Fsp3) is 0.500. The summed E-state index contributed by atoms with van der Waals surface area (Å²) in [5.41, 5.74) is 2.93. The second-order valence-electron chi connectivity index (χ2n) is 4.21. The Bertz CT molecular complexity index is 344. The number of carbonyl (C=O) groups excluding carboxylic acids is 1. The van der Waals surface area contributed by atoms with Crippen LogP contribution in [0.2, 0.25) is 0 Å². The fourth-order valence-electron chi connectivity index (χ4n) is 1.92. The summed E-state index contributed by atoms with van der Waals surface area (Å²) in [6.07, 6.45) is 5.95. The van der Waals surface area contributed by atoms with E-state index in [0.717, 1.165) is 42.7 Å². The lowest BCUT2D eigenvalue weighted by molar-refractivity contribution is -0.125. The number of allylic oxidation sites excluding steroid dienone is 3. The number of rotatable bonds is 3. The number of amides is 1. The van der Waals surface area contributed by atoms with Gasteiger partial charge in [0, 0.05) is 18.7 Å². The van der Waals surface area contributed by atoms with Crippen LogP contribution in [0.15, 0.2) is 35.5 Å². The Morgan fingerprint density at radius 1 is 1.25 bits per heavy atom. The summed E-state index contributed by atoms with van der Waals surface area (Å²) in [4.78, 5) is 14.1. The van der Waals surface area contributed by atoms with Gasteiger partial charge in [0.1, 0.15) is 0 Å². The fourth-order valence-corrected chi connectivity index (χ4v) is 1.92. The Hall–Kier alpha value is -1.31. The molecule has 0 atom stereocenters. The average molecular weight is 219 g/mol. The van der Waals surface area contributed by atoms with E-state index in [4.69, 9.17) is 0 Å². The predicted molar refractivity (Wildman–Crippen MR) is 68.1 cm³/mol. The minimum atomic E-state index is 0.131. The topological polar surface area (TPSA) is 20.3 Å². The summed E-state index contributed by atoms with van der Waals surface area (Å²) in [5, 5.41) is 0. The molecule has 0 N–H and O–H groups in total. The van der Waals surface area contributed by atoms with Gasteiger partial charge in [-0.25, -0.2) is 0 Å². The smallest absolute Gasteiger partial charge is 0.254 e. The molecule has 0 radical (unpaired) electrons. The number of hydrogen-bond donors (Lipinski definition) is 0. The van der Waals surface area contributed by atoms with Gasteiger partial charge in [0.15, 0.2) is 0 Å². The molecule has 16 heavy (non-hydrogen) atoms. The van der Waals surface area contributed by atoms with Crippen LogP contribution in [0.4, 0.5) is 0 Å². The summed E-state index contributed by atoms with van der Waals surface area (Å²) in [6, 6.07) is 0. The van der Waals surface area contributed by atoms with Crippen LogP contribution < -0.4 is 0 Å². The summed E-state index contributed by atoms with van der Waals surface area (Å²) < 4.78 is 0. The molecule has 0 unspecified atom stereocenters. The minimum Gasteiger partial charge on any atom is -0.339 e. The number of nitrogens with zero attached hydrogens (tertiary/aromatic N) is 1. The zero-order chi connectivity index (χ0) is 12.1. The highest BCUT2D eigenvalue weighted by Crippen LogP contribution is 2.19. The van der Waals surface area contributed by atoms with Crippen molar-refractivity contribution in [3.05, 3.63) is 35.5 Å². The normalized spacial score (nSPS) is 18.4. The maximum Gasteiger partial charge on any atom is 0.254 e. The maximum absolute atomic E-state index is 12.2. The molecule has 0 bridgehead atoms. The van der Waals surface area contributed by atoms with Gasteiger partial charge in [0.2, 0.25) is 0 Å². The quantitative estimate of drug-likeness (QED) is 0.527.